The maximum absolute atomic E-state index is 13.9. The van der Waals surface area contributed by atoms with Crippen LogP contribution in [0.15, 0.2) is 84.0 Å². The van der Waals surface area contributed by atoms with E-state index in [-0.39, 0.29) is 41.6 Å². The summed E-state index contributed by atoms with van der Waals surface area (Å²) >= 11 is 0. The number of carboxylic acid groups (broad SMARTS) is 1. The number of hydrazone groups is 1. The molecule has 46 heavy (non-hydrogen) atoms. The highest BCUT2D eigenvalue weighted by molar-refractivity contribution is 5.98. The molecule has 3 aromatic rings. The summed E-state index contributed by atoms with van der Waals surface area (Å²) in [6, 6.07) is 25.1. The summed E-state index contributed by atoms with van der Waals surface area (Å²) in [5.74, 6) is -0.543. The average Bonchev–Trinajstić information content (AvgIpc) is 3.55. The van der Waals surface area contributed by atoms with E-state index in [1.165, 1.54) is 5.01 Å². The second-order valence-corrected chi connectivity index (χ2v) is 14.2. The van der Waals surface area contributed by atoms with Crippen molar-refractivity contribution in [2.24, 2.45) is 27.8 Å². The van der Waals surface area contributed by atoms with Gasteiger partial charge >= 0.3 is 5.97 Å². The molecule has 0 spiro atoms. The van der Waals surface area contributed by atoms with E-state index in [9.17, 15) is 19.5 Å². The van der Waals surface area contributed by atoms with Gasteiger partial charge in [0.2, 0.25) is 11.8 Å². The second kappa shape index (κ2) is 12.7. The zero-order chi connectivity index (χ0) is 32.5. The first-order valence-electron chi connectivity index (χ1n) is 16.3. The third kappa shape index (κ3) is 6.71. The van der Waals surface area contributed by atoms with Gasteiger partial charge in [-0.15, -0.1) is 5.10 Å². The number of hydrogen-bond donors (Lipinski definition) is 2. The first-order chi connectivity index (χ1) is 22.0. The summed E-state index contributed by atoms with van der Waals surface area (Å²) in [6.45, 7) is 6.55. The molecular weight excluding hydrogens is 578 g/mol. The molecule has 0 radical (unpaired) electrons. The van der Waals surface area contributed by atoms with E-state index in [2.05, 4.69) is 31.2 Å². The lowest BCUT2D eigenvalue weighted by molar-refractivity contribution is -0.144. The number of ether oxygens (including phenoxy) is 1. The molecule has 2 fully saturated rings. The van der Waals surface area contributed by atoms with Crippen LogP contribution in [0.3, 0.4) is 0 Å². The van der Waals surface area contributed by atoms with E-state index in [1.807, 2.05) is 78.9 Å². The third-order valence-corrected chi connectivity index (χ3v) is 9.94. The summed E-state index contributed by atoms with van der Waals surface area (Å²) in [7, 11) is 0. The molecule has 1 heterocycles. The van der Waals surface area contributed by atoms with Crippen molar-refractivity contribution < 1.29 is 24.2 Å². The Hall–Kier alpha value is -4.46. The van der Waals surface area contributed by atoms with Crippen molar-refractivity contribution in [2.45, 2.75) is 71.8 Å². The number of benzene rings is 3. The van der Waals surface area contributed by atoms with E-state index in [0.29, 0.717) is 31.0 Å². The van der Waals surface area contributed by atoms with Crippen molar-refractivity contribution in [3.63, 3.8) is 0 Å². The molecule has 240 valence electrons. The van der Waals surface area contributed by atoms with Crippen molar-refractivity contribution in [1.29, 1.82) is 0 Å². The van der Waals surface area contributed by atoms with Crippen molar-refractivity contribution in [3.05, 3.63) is 101 Å². The number of rotatable bonds is 10. The monoisotopic (exact) mass is 621 g/mol. The molecular formula is C38H43N3O5. The van der Waals surface area contributed by atoms with Crippen LogP contribution in [0.1, 0.15) is 81.0 Å². The molecule has 2 aliphatic carbocycles. The van der Waals surface area contributed by atoms with Gasteiger partial charge in [-0.2, -0.15) is 0 Å². The van der Waals surface area contributed by atoms with Gasteiger partial charge in [0.1, 0.15) is 0 Å². The van der Waals surface area contributed by atoms with Gasteiger partial charge in [0, 0.05) is 11.3 Å². The Bertz CT molecular complexity index is 1620. The predicted molar refractivity (Wildman–Crippen MR) is 177 cm³/mol. The maximum atomic E-state index is 13.9. The number of nitrogens with one attached hydrogen (secondary N) is 1. The van der Waals surface area contributed by atoms with Gasteiger partial charge in [-0.1, -0.05) is 88.2 Å². The lowest BCUT2D eigenvalue weighted by Gasteiger charge is -2.25. The lowest BCUT2D eigenvalue weighted by atomic mass is 9.82. The summed E-state index contributed by atoms with van der Waals surface area (Å²) < 4.78 is 5.58. The first kappa shape index (κ1) is 31.5. The molecule has 8 heteroatoms. The Labute approximate surface area is 270 Å². The van der Waals surface area contributed by atoms with E-state index < -0.39 is 11.4 Å². The third-order valence-electron chi connectivity index (χ3n) is 9.94. The van der Waals surface area contributed by atoms with Crippen molar-refractivity contribution >= 4 is 29.4 Å². The molecule has 2 unspecified atom stereocenters. The second-order valence-electron chi connectivity index (χ2n) is 14.2. The van der Waals surface area contributed by atoms with Crippen LogP contribution < -0.4 is 5.32 Å². The van der Waals surface area contributed by atoms with E-state index >= 15 is 0 Å². The largest absolute Gasteiger partial charge is 0.481 e. The molecule has 2 amide bonds. The van der Waals surface area contributed by atoms with Crippen molar-refractivity contribution in [1.82, 2.24) is 5.01 Å². The van der Waals surface area contributed by atoms with Crippen molar-refractivity contribution in [2.75, 3.05) is 11.9 Å². The quantitative estimate of drug-likeness (QED) is 0.254. The molecule has 0 aromatic heterocycles. The number of hydrogen-bond acceptors (Lipinski definition) is 5. The fourth-order valence-corrected chi connectivity index (χ4v) is 7.47. The van der Waals surface area contributed by atoms with Crippen LogP contribution in [0.5, 0.6) is 0 Å². The van der Waals surface area contributed by atoms with Gasteiger partial charge in [0.15, 0.2) is 6.61 Å². The number of carbonyl (C=O) groups is 3. The molecule has 2 N–H and O–H groups in total. The summed E-state index contributed by atoms with van der Waals surface area (Å²) in [6.07, 6.45) is 5.32. The van der Waals surface area contributed by atoms with E-state index in [4.69, 9.17) is 4.74 Å². The minimum absolute atomic E-state index is 0.0517. The molecule has 3 aromatic carbocycles. The predicted octanol–water partition coefficient (Wildman–Crippen LogP) is 7.00. The molecule has 3 atom stereocenters. The molecule has 6 rings (SSSR count). The molecule has 0 bridgehead atoms. The number of anilines is 1. The van der Waals surface area contributed by atoms with Gasteiger partial charge in [-0.05, 0) is 83.9 Å². The number of amides is 2. The molecule has 0 saturated heterocycles. The van der Waals surface area contributed by atoms with Gasteiger partial charge in [0.25, 0.3) is 5.91 Å². The van der Waals surface area contributed by atoms with Crippen LogP contribution in [0.2, 0.25) is 0 Å². The topological polar surface area (TPSA) is 108 Å². The van der Waals surface area contributed by atoms with Crippen molar-refractivity contribution in [3.8, 4) is 0 Å². The Morgan fingerprint density at radius 2 is 1.72 bits per heavy atom. The van der Waals surface area contributed by atoms with Gasteiger partial charge in [0.05, 0.1) is 17.9 Å². The molecule has 8 nitrogen and oxygen atoms in total. The highest BCUT2D eigenvalue weighted by Gasteiger charge is 2.63. The summed E-state index contributed by atoms with van der Waals surface area (Å²) in [5, 5.41) is 19.2. The zero-order valence-electron chi connectivity index (χ0n) is 26.9. The molecule has 2 saturated carbocycles. The molecule has 1 aliphatic heterocycles. The number of carboxylic acids is 1. The Kier molecular flexibility index (Phi) is 8.73. The van der Waals surface area contributed by atoms with E-state index in [0.717, 1.165) is 47.9 Å². The fourth-order valence-electron chi connectivity index (χ4n) is 7.47. The van der Waals surface area contributed by atoms with Gasteiger partial charge in [-0.3, -0.25) is 14.4 Å². The first-order valence-corrected chi connectivity index (χ1v) is 16.3. The smallest absolute Gasteiger partial charge is 0.310 e. The average molecular weight is 622 g/mol. The Morgan fingerprint density at radius 3 is 2.37 bits per heavy atom. The van der Waals surface area contributed by atoms with Crippen LogP contribution in [0.4, 0.5) is 5.69 Å². The Balaban J connectivity index is 1.17. The number of nitrogens with zero attached hydrogens (tertiary/aromatic N) is 2. The Morgan fingerprint density at radius 1 is 1.00 bits per heavy atom. The SMILES string of the molecule is CC(C)(C)C1CC1(Cc1cccc(NC(=O)[C@H](c2ccc(CN3N=C(c4ccccc4)OCC3=O)cc2)C2CCCC2)c1)C(=O)O. The molecule has 3 aliphatic rings. The highest BCUT2D eigenvalue weighted by atomic mass is 16.5. The van der Waals surface area contributed by atoms with Gasteiger partial charge < -0.3 is 15.2 Å². The lowest BCUT2D eigenvalue weighted by Crippen LogP contribution is -2.36. The van der Waals surface area contributed by atoms with Crippen LogP contribution in [0.25, 0.3) is 0 Å². The minimum atomic E-state index is -0.755. The van der Waals surface area contributed by atoms with Crippen LogP contribution >= 0.6 is 0 Å². The standard InChI is InChI=1S/C38H43N3O5/c1-37(2,3)31-22-38(31,36(44)45)21-26-10-9-15-30(20-26)39-34(43)33(27-11-7-8-12-27)28-18-16-25(17-19-28)23-41-32(42)24-46-35(40-41)29-13-5-4-6-14-29/h4-6,9-10,13-20,27,31,33H,7-8,11-12,21-24H2,1-3H3,(H,39,43)(H,44,45)/t31?,33-,38?/m0/s1. The van der Waals surface area contributed by atoms with Crippen LogP contribution in [-0.4, -0.2) is 40.4 Å². The van der Waals surface area contributed by atoms with E-state index in [1.54, 1.807) is 0 Å². The maximum Gasteiger partial charge on any atom is 0.310 e. The minimum Gasteiger partial charge on any atom is -0.481 e. The number of aliphatic carboxylic acids is 1. The number of carbonyl (C=O) groups excluding carboxylic acids is 2. The summed E-state index contributed by atoms with van der Waals surface area (Å²) in [5.41, 5.74) is 3.45. The van der Waals surface area contributed by atoms with Crippen LogP contribution in [-0.2, 0) is 32.1 Å². The zero-order valence-corrected chi connectivity index (χ0v) is 26.9. The van der Waals surface area contributed by atoms with Crippen LogP contribution in [0, 0.1) is 22.7 Å². The highest BCUT2D eigenvalue weighted by Crippen LogP contribution is 2.62. The fraction of sp³-hybridized carbons (Fsp3) is 0.421. The van der Waals surface area contributed by atoms with Gasteiger partial charge in [-0.25, -0.2) is 5.01 Å². The normalized spacial score (nSPS) is 22.2. The summed E-state index contributed by atoms with van der Waals surface area (Å²) in [4.78, 5) is 38.8.